The lowest BCUT2D eigenvalue weighted by molar-refractivity contribution is -0.113. The van der Waals surface area contributed by atoms with Crippen LogP contribution >= 0.6 is 12.2 Å². The van der Waals surface area contributed by atoms with Gasteiger partial charge in [-0.3, -0.25) is 9.69 Å². The van der Waals surface area contributed by atoms with Gasteiger partial charge in [0.2, 0.25) is 0 Å². The predicted octanol–water partition coefficient (Wildman–Crippen LogP) is 3.54. The molecule has 2 aromatic rings. The fourth-order valence-electron chi connectivity index (χ4n) is 3.10. The van der Waals surface area contributed by atoms with E-state index in [9.17, 15) is 4.79 Å². The molecule has 0 spiro atoms. The molecule has 6 nitrogen and oxygen atoms in total. The van der Waals surface area contributed by atoms with Gasteiger partial charge in [0.25, 0.3) is 5.91 Å². The minimum absolute atomic E-state index is 0.220. The van der Waals surface area contributed by atoms with Crippen molar-refractivity contribution >= 4 is 35.0 Å². The van der Waals surface area contributed by atoms with Crippen LogP contribution in [0.5, 0.6) is 17.2 Å². The number of rotatable bonds is 6. The predicted molar refractivity (Wildman–Crippen MR) is 113 cm³/mol. The summed E-state index contributed by atoms with van der Waals surface area (Å²) in [4.78, 5) is 14.6. The number of amides is 1. The summed E-state index contributed by atoms with van der Waals surface area (Å²) in [6.45, 7) is 2.04. The summed E-state index contributed by atoms with van der Waals surface area (Å²) in [5, 5.41) is 3.35. The number of para-hydroxylation sites is 1. The van der Waals surface area contributed by atoms with E-state index in [0.717, 1.165) is 17.7 Å². The second-order valence-electron chi connectivity index (χ2n) is 6.06. The largest absolute Gasteiger partial charge is 0.496 e. The zero-order chi connectivity index (χ0) is 20.3. The number of nitrogens with one attached hydrogen (secondary N) is 1. The zero-order valence-corrected chi connectivity index (χ0v) is 17.1. The van der Waals surface area contributed by atoms with Crippen molar-refractivity contribution in [2.75, 3.05) is 26.2 Å². The summed E-state index contributed by atoms with van der Waals surface area (Å²) in [5.41, 5.74) is 2.87. The van der Waals surface area contributed by atoms with Crippen LogP contribution in [-0.2, 0) is 11.2 Å². The Bertz CT molecular complexity index is 955. The number of carbonyl (C=O) groups is 1. The summed E-state index contributed by atoms with van der Waals surface area (Å²) in [5.74, 6) is 1.42. The van der Waals surface area contributed by atoms with E-state index in [1.165, 1.54) is 4.90 Å². The van der Waals surface area contributed by atoms with E-state index >= 15 is 0 Å². The monoisotopic (exact) mass is 398 g/mol. The fourth-order valence-corrected chi connectivity index (χ4v) is 3.39. The number of aryl methyl sites for hydroxylation is 1. The molecule has 0 aromatic heterocycles. The van der Waals surface area contributed by atoms with Crippen LogP contribution in [0.25, 0.3) is 6.08 Å². The molecule has 1 saturated heterocycles. The molecule has 1 fully saturated rings. The highest BCUT2D eigenvalue weighted by molar-refractivity contribution is 7.80. The van der Waals surface area contributed by atoms with Crippen molar-refractivity contribution in [1.82, 2.24) is 5.32 Å². The quantitative estimate of drug-likeness (QED) is 0.593. The molecule has 0 saturated carbocycles. The highest BCUT2D eigenvalue weighted by Gasteiger charge is 2.33. The second-order valence-corrected chi connectivity index (χ2v) is 6.45. The Morgan fingerprint density at radius 1 is 1.04 bits per heavy atom. The van der Waals surface area contributed by atoms with Crippen molar-refractivity contribution in [3.05, 3.63) is 53.2 Å². The van der Waals surface area contributed by atoms with E-state index in [0.29, 0.717) is 33.6 Å². The SMILES string of the molecule is CCc1ccccc1N1C(=O)/C(=C\c2cc(OC)c(OC)cc2OC)NC1=S. The van der Waals surface area contributed by atoms with Gasteiger partial charge in [0.15, 0.2) is 16.6 Å². The first kappa shape index (κ1) is 19.7. The molecule has 1 aliphatic heterocycles. The maximum absolute atomic E-state index is 13.1. The van der Waals surface area contributed by atoms with Gasteiger partial charge in [-0.05, 0) is 42.4 Å². The molecule has 7 heteroatoms. The van der Waals surface area contributed by atoms with Gasteiger partial charge in [-0.2, -0.15) is 0 Å². The summed E-state index contributed by atoms with van der Waals surface area (Å²) in [6.07, 6.45) is 2.50. The van der Waals surface area contributed by atoms with Crippen LogP contribution in [0.1, 0.15) is 18.1 Å². The molecule has 0 unspecified atom stereocenters. The molecule has 1 N–H and O–H groups in total. The molecule has 1 heterocycles. The van der Waals surface area contributed by atoms with Crippen LogP contribution in [0, 0.1) is 0 Å². The van der Waals surface area contributed by atoms with Crippen LogP contribution < -0.4 is 24.4 Å². The fraction of sp³-hybridized carbons (Fsp3) is 0.238. The van der Waals surface area contributed by atoms with E-state index in [1.807, 2.05) is 31.2 Å². The van der Waals surface area contributed by atoms with Crippen molar-refractivity contribution in [3.8, 4) is 17.2 Å². The number of anilines is 1. The number of ether oxygens (including phenoxy) is 3. The molecule has 1 aliphatic rings. The molecule has 0 aliphatic carbocycles. The third-order valence-corrected chi connectivity index (χ3v) is 4.81. The number of methoxy groups -OCH3 is 3. The standard InChI is InChI=1S/C21H22N2O4S/c1-5-13-8-6-7-9-16(13)23-20(24)15(22-21(23)28)10-14-11-18(26-3)19(27-4)12-17(14)25-2/h6-12H,5H2,1-4H3,(H,22,28)/b15-10+. The molecule has 3 rings (SSSR count). The number of hydrogen-bond donors (Lipinski definition) is 1. The average Bonchev–Trinajstić information content (AvgIpc) is 3.00. The maximum Gasteiger partial charge on any atom is 0.281 e. The Kier molecular flexibility index (Phi) is 5.84. The van der Waals surface area contributed by atoms with Gasteiger partial charge >= 0.3 is 0 Å². The van der Waals surface area contributed by atoms with Gasteiger partial charge in [0, 0.05) is 11.6 Å². The second kappa shape index (κ2) is 8.31. The lowest BCUT2D eigenvalue weighted by atomic mass is 10.1. The molecule has 2 aromatic carbocycles. The van der Waals surface area contributed by atoms with Gasteiger partial charge in [-0.1, -0.05) is 25.1 Å². The lowest BCUT2D eigenvalue weighted by Crippen LogP contribution is -2.31. The maximum atomic E-state index is 13.1. The van der Waals surface area contributed by atoms with Gasteiger partial charge in [-0.15, -0.1) is 0 Å². The van der Waals surface area contributed by atoms with E-state index < -0.39 is 0 Å². The molecule has 1 amide bonds. The molecule has 0 atom stereocenters. The summed E-state index contributed by atoms with van der Waals surface area (Å²) < 4.78 is 16.1. The number of hydrogen-bond acceptors (Lipinski definition) is 5. The number of thiocarbonyl (C=S) groups is 1. The summed E-state index contributed by atoms with van der Waals surface area (Å²) >= 11 is 5.43. The van der Waals surface area contributed by atoms with Crippen molar-refractivity contribution in [3.63, 3.8) is 0 Å². The van der Waals surface area contributed by atoms with Gasteiger partial charge in [0.1, 0.15) is 11.4 Å². The van der Waals surface area contributed by atoms with Crippen LogP contribution in [0.2, 0.25) is 0 Å². The third kappa shape index (κ3) is 3.53. The van der Waals surface area contributed by atoms with E-state index in [-0.39, 0.29) is 5.91 Å². The Hall–Kier alpha value is -3.06. The molecule has 0 radical (unpaired) electrons. The highest BCUT2D eigenvalue weighted by atomic mass is 32.1. The minimum Gasteiger partial charge on any atom is -0.496 e. The van der Waals surface area contributed by atoms with Crippen molar-refractivity contribution in [2.24, 2.45) is 0 Å². The molecule has 146 valence electrons. The first-order valence-electron chi connectivity index (χ1n) is 8.79. The Balaban J connectivity index is 2.03. The topological polar surface area (TPSA) is 60.0 Å². The minimum atomic E-state index is -0.220. The Morgan fingerprint density at radius 2 is 1.68 bits per heavy atom. The molecular formula is C21H22N2O4S. The van der Waals surface area contributed by atoms with Gasteiger partial charge in [0.05, 0.1) is 27.0 Å². The normalized spacial score (nSPS) is 15.0. The van der Waals surface area contributed by atoms with Gasteiger partial charge < -0.3 is 19.5 Å². The van der Waals surface area contributed by atoms with Crippen molar-refractivity contribution in [2.45, 2.75) is 13.3 Å². The van der Waals surface area contributed by atoms with E-state index in [4.69, 9.17) is 26.4 Å². The van der Waals surface area contributed by atoms with E-state index in [1.54, 1.807) is 39.5 Å². The lowest BCUT2D eigenvalue weighted by Gasteiger charge is -2.17. The van der Waals surface area contributed by atoms with Crippen LogP contribution in [0.4, 0.5) is 5.69 Å². The Labute approximate surface area is 169 Å². The molecule has 0 bridgehead atoms. The van der Waals surface area contributed by atoms with Gasteiger partial charge in [-0.25, -0.2) is 0 Å². The summed E-state index contributed by atoms with van der Waals surface area (Å²) in [7, 11) is 4.67. The van der Waals surface area contributed by atoms with E-state index in [2.05, 4.69) is 5.32 Å². The smallest absolute Gasteiger partial charge is 0.281 e. The van der Waals surface area contributed by atoms with Crippen molar-refractivity contribution < 1.29 is 19.0 Å². The van der Waals surface area contributed by atoms with Crippen LogP contribution in [-0.4, -0.2) is 32.3 Å². The molecule has 28 heavy (non-hydrogen) atoms. The van der Waals surface area contributed by atoms with Crippen LogP contribution in [0.3, 0.4) is 0 Å². The highest BCUT2D eigenvalue weighted by Crippen LogP contribution is 2.36. The number of carbonyl (C=O) groups excluding carboxylic acids is 1. The summed E-state index contributed by atoms with van der Waals surface area (Å²) in [6, 6.07) is 11.2. The zero-order valence-electron chi connectivity index (χ0n) is 16.2. The first-order valence-corrected chi connectivity index (χ1v) is 9.19. The Morgan fingerprint density at radius 3 is 2.32 bits per heavy atom. The van der Waals surface area contributed by atoms with Crippen molar-refractivity contribution in [1.29, 1.82) is 0 Å². The number of nitrogens with zero attached hydrogens (tertiary/aromatic N) is 1. The third-order valence-electron chi connectivity index (χ3n) is 4.53. The molecular weight excluding hydrogens is 376 g/mol. The van der Waals surface area contributed by atoms with Crippen LogP contribution in [0.15, 0.2) is 42.1 Å². The average molecular weight is 398 g/mol. The first-order chi connectivity index (χ1) is 13.5. The number of benzene rings is 2.